The Morgan fingerprint density at radius 1 is 1.20 bits per heavy atom. The number of rotatable bonds is 5. The van der Waals surface area contributed by atoms with E-state index in [1.165, 1.54) is 4.68 Å². The molecule has 0 bridgehead atoms. The standard InChI is InChI=1S/C14H17N5O5S/c1-25(20,21)16-10-7-22-13-11(8-23-12(10)13)19-14(15-17-18-19)24-9-5-3-2-4-6-9/h2-6,10-13,16H,7-8H2,1H3/t10-,11+,12-,13+/m1/s1. The van der Waals surface area contributed by atoms with Gasteiger partial charge in [-0.1, -0.05) is 23.3 Å². The van der Waals surface area contributed by atoms with E-state index in [0.717, 1.165) is 6.26 Å². The summed E-state index contributed by atoms with van der Waals surface area (Å²) in [5, 5.41) is 11.6. The molecule has 25 heavy (non-hydrogen) atoms. The first-order chi connectivity index (χ1) is 12.0. The number of fused-ring (bicyclic) bond motifs is 1. The first-order valence-electron chi connectivity index (χ1n) is 7.72. The van der Waals surface area contributed by atoms with Gasteiger partial charge in [-0.3, -0.25) is 0 Å². The van der Waals surface area contributed by atoms with E-state index in [2.05, 4.69) is 20.2 Å². The van der Waals surface area contributed by atoms with Crippen LogP contribution in [0.1, 0.15) is 6.04 Å². The zero-order valence-electron chi connectivity index (χ0n) is 13.3. The molecule has 0 radical (unpaired) electrons. The highest BCUT2D eigenvalue weighted by Gasteiger charge is 2.50. The molecule has 2 aliphatic heterocycles. The Hall–Kier alpha value is -2.08. The number of hydrogen-bond donors (Lipinski definition) is 1. The van der Waals surface area contributed by atoms with Gasteiger partial charge in [0.2, 0.25) is 10.0 Å². The normalized spacial score (nSPS) is 28.8. The number of benzene rings is 1. The molecule has 0 amide bonds. The lowest BCUT2D eigenvalue weighted by atomic mass is 10.1. The van der Waals surface area contributed by atoms with Crippen LogP contribution in [0, 0.1) is 0 Å². The number of para-hydroxylation sites is 1. The van der Waals surface area contributed by atoms with Crippen LogP contribution in [0.2, 0.25) is 0 Å². The summed E-state index contributed by atoms with van der Waals surface area (Å²) in [5.41, 5.74) is 0. The minimum absolute atomic E-state index is 0.226. The molecular weight excluding hydrogens is 350 g/mol. The number of aromatic nitrogens is 4. The van der Waals surface area contributed by atoms with Crippen molar-refractivity contribution in [1.29, 1.82) is 0 Å². The smallest absolute Gasteiger partial charge is 0.341 e. The molecular formula is C14H17N5O5S. The average Bonchev–Trinajstić information content (AvgIpc) is 3.25. The minimum atomic E-state index is -3.35. The molecule has 0 spiro atoms. The van der Waals surface area contributed by atoms with Gasteiger partial charge >= 0.3 is 6.01 Å². The fourth-order valence-corrected chi connectivity index (χ4v) is 3.87. The van der Waals surface area contributed by atoms with Crippen LogP contribution in [0.5, 0.6) is 11.8 Å². The van der Waals surface area contributed by atoms with Crippen molar-refractivity contribution >= 4 is 10.0 Å². The summed E-state index contributed by atoms with van der Waals surface area (Å²) in [7, 11) is -3.35. The third-order valence-corrected chi connectivity index (χ3v) is 4.85. The van der Waals surface area contributed by atoms with Crippen molar-refractivity contribution in [3.63, 3.8) is 0 Å². The van der Waals surface area contributed by atoms with E-state index in [1.54, 1.807) is 12.1 Å². The van der Waals surface area contributed by atoms with Crippen LogP contribution in [0.15, 0.2) is 30.3 Å². The van der Waals surface area contributed by atoms with Gasteiger partial charge in [0.15, 0.2) is 0 Å². The van der Waals surface area contributed by atoms with E-state index in [9.17, 15) is 8.42 Å². The van der Waals surface area contributed by atoms with Crippen molar-refractivity contribution in [1.82, 2.24) is 24.9 Å². The largest absolute Gasteiger partial charge is 0.423 e. The Balaban J connectivity index is 1.52. The SMILES string of the molecule is CS(=O)(=O)N[C@@H]1CO[C@@H]2[C@@H]1OC[C@@H]2n1nnnc1Oc1ccccc1. The first kappa shape index (κ1) is 16.4. The van der Waals surface area contributed by atoms with Gasteiger partial charge in [0.25, 0.3) is 0 Å². The quantitative estimate of drug-likeness (QED) is 0.767. The lowest BCUT2D eigenvalue weighted by Crippen LogP contribution is -2.43. The van der Waals surface area contributed by atoms with Gasteiger partial charge in [-0.2, -0.15) is 4.68 Å². The number of nitrogens with zero attached hydrogens (tertiary/aromatic N) is 4. The third-order valence-electron chi connectivity index (χ3n) is 4.12. The summed E-state index contributed by atoms with van der Waals surface area (Å²) >= 11 is 0. The Bertz CT molecular complexity index is 842. The van der Waals surface area contributed by atoms with Crippen LogP contribution >= 0.6 is 0 Å². The van der Waals surface area contributed by atoms with Crippen LogP contribution in [0.25, 0.3) is 0 Å². The maximum Gasteiger partial charge on any atom is 0.341 e. The Morgan fingerprint density at radius 2 is 1.96 bits per heavy atom. The van der Waals surface area contributed by atoms with Gasteiger partial charge in [-0.15, -0.1) is 0 Å². The fourth-order valence-electron chi connectivity index (χ4n) is 3.12. The Labute approximate surface area is 144 Å². The molecule has 0 unspecified atom stereocenters. The van der Waals surface area contributed by atoms with Gasteiger partial charge in [0.1, 0.15) is 24.0 Å². The fraction of sp³-hybridized carbons (Fsp3) is 0.500. The van der Waals surface area contributed by atoms with E-state index in [-0.39, 0.29) is 24.8 Å². The minimum Gasteiger partial charge on any atom is -0.423 e. The van der Waals surface area contributed by atoms with Crippen molar-refractivity contribution in [2.45, 2.75) is 24.3 Å². The third kappa shape index (κ3) is 3.35. The highest BCUT2D eigenvalue weighted by Crippen LogP contribution is 2.36. The molecule has 0 saturated carbocycles. The molecule has 10 nitrogen and oxygen atoms in total. The molecule has 1 N–H and O–H groups in total. The van der Waals surface area contributed by atoms with Crippen molar-refractivity contribution in [3.8, 4) is 11.8 Å². The predicted octanol–water partition coefficient (Wildman–Crippen LogP) is -0.278. The van der Waals surface area contributed by atoms with E-state index in [0.29, 0.717) is 12.4 Å². The molecule has 1 aromatic heterocycles. The second-order valence-corrected chi connectivity index (χ2v) is 7.76. The molecule has 0 aliphatic carbocycles. The zero-order valence-corrected chi connectivity index (χ0v) is 14.2. The maximum atomic E-state index is 11.5. The first-order valence-corrected chi connectivity index (χ1v) is 9.62. The van der Waals surface area contributed by atoms with Gasteiger partial charge in [-0.25, -0.2) is 13.1 Å². The lowest BCUT2D eigenvalue weighted by Gasteiger charge is -2.17. The lowest BCUT2D eigenvalue weighted by molar-refractivity contribution is 0.0615. The van der Waals surface area contributed by atoms with Crippen molar-refractivity contribution in [3.05, 3.63) is 30.3 Å². The summed E-state index contributed by atoms with van der Waals surface area (Å²) in [6, 6.07) is 8.66. The van der Waals surface area contributed by atoms with E-state index in [1.807, 2.05) is 18.2 Å². The van der Waals surface area contributed by atoms with Gasteiger partial charge in [0, 0.05) is 0 Å². The summed E-state index contributed by atoms with van der Waals surface area (Å²) in [6.07, 6.45) is 0.356. The highest BCUT2D eigenvalue weighted by atomic mass is 32.2. The summed E-state index contributed by atoms with van der Waals surface area (Å²) in [5.74, 6) is 0.609. The number of ether oxygens (including phenoxy) is 3. The number of sulfonamides is 1. The summed E-state index contributed by atoms with van der Waals surface area (Å²) < 4.78 is 44.2. The van der Waals surface area contributed by atoms with Crippen LogP contribution in [0.4, 0.5) is 0 Å². The highest BCUT2D eigenvalue weighted by molar-refractivity contribution is 7.88. The van der Waals surface area contributed by atoms with Gasteiger partial charge in [-0.05, 0) is 22.6 Å². The zero-order chi connectivity index (χ0) is 17.4. The number of nitrogens with one attached hydrogen (secondary N) is 1. The monoisotopic (exact) mass is 367 g/mol. The van der Waals surface area contributed by atoms with E-state index in [4.69, 9.17) is 14.2 Å². The molecule has 4 rings (SSSR count). The number of hydrogen-bond acceptors (Lipinski definition) is 8. The van der Waals surface area contributed by atoms with Crippen LogP contribution in [-0.4, -0.2) is 66.3 Å². The maximum absolute atomic E-state index is 11.5. The van der Waals surface area contributed by atoms with Crippen LogP contribution < -0.4 is 9.46 Å². The topological polar surface area (TPSA) is 117 Å². The predicted molar refractivity (Wildman–Crippen MR) is 84.6 cm³/mol. The van der Waals surface area contributed by atoms with Crippen molar-refractivity contribution in [2.75, 3.05) is 19.5 Å². The number of tetrazole rings is 1. The van der Waals surface area contributed by atoms with Crippen molar-refractivity contribution < 1.29 is 22.6 Å². The Kier molecular flexibility index (Phi) is 4.15. The Morgan fingerprint density at radius 3 is 2.72 bits per heavy atom. The molecule has 2 aromatic rings. The van der Waals surface area contributed by atoms with E-state index < -0.39 is 22.2 Å². The molecule has 11 heteroatoms. The van der Waals surface area contributed by atoms with Gasteiger partial charge in [0.05, 0.1) is 25.5 Å². The molecule has 3 heterocycles. The van der Waals surface area contributed by atoms with Gasteiger partial charge < -0.3 is 14.2 Å². The molecule has 2 fully saturated rings. The molecule has 2 aliphatic rings. The van der Waals surface area contributed by atoms with Crippen molar-refractivity contribution in [2.24, 2.45) is 0 Å². The molecule has 4 atom stereocenters. The molecule has 1 aromatic carbocycles. The van der Waals surface area contributed by atoms with E-state index >= 15 is 0 Å². The molecule has 134 valence electrons. The second kappa shape index (κ2) is 6.33. The summed E-state index contributed by atoms with van der Waals surface area (Å²) in [6.45, 7) is 0.531. The average molecular weight is 367 g/mol. The second-order valence-electron chi connectivity index (χ2n) is 5.98. The molecule has 2 saturated heterocycles. The van der Waals surface area contributed by atoms with Crippen LogP contribution in [-0.2, 0) is 19.5 Å². The summed E-state index contributed by atoms with van der Waals surface area (Å²) in [4.78, 5) is 0. The van der Waals surface area contributed by atoms with Crippen LogP contribution in [0.3, 0.4) is 0 Å².